The number of hydrogen-bond acceptors (Lipinski definition) is 6. The summed E-state index contributed by atoms with van der Waals surface area (Å²) in [7, 11) is 0. The van der Waals surface area contributed by atoms with Crippen LogP contribution in [-0.4, -0.2) is 24.8 Å². The van der Waals surface area contributed by atoms with Gasteiger partial charge in [0.25, 0.3) is 0 Å². The lowest BCUT2D eigenvalue weighted by atomic mass is 9.83. The van der Waals surface area contributed by atoms with Crippen LogP contribution in [-0.2, 0) is 6.54 Å². The molecule has 8 heteroatoms. The van der Waals surface area contributed by atoms with E-state index >= 15 is 0 Å². The Balaban J connectivity index is 1.66. The number of nitrogens with zero attached hydrogens (tertiary/aromatic N) is 6. The molecular weight excluding hydrogens is 354 g/mol. The lowest BCUT2D eigenvalue weighted by Gasteiger charge is -2.25. The third-order valence-electron chi connectivity index (χ3n) is 5.32. The molecule has 2 aliphatic rings. The Morgan fingerprint density at radius 2 is 2.07 bits per heavy atom. The topological polar surface area (TPSA) is 108 Å². The maximum atomic E-state index is 9.82. The first-order valence-electron chi connectivity index (χ1n) is 9.36. The van der Waals surface area contributed by atoms with E-state index in [0.29, 0.717) is 23.9 Å². The van der Waals surface area contributed by atoms with Crippen molar-refractivity contribution in [1.82, 2.24) is 24.8 Å². The molecule has 0 saturated heterocycles. The molecule has 1 aliphatic carbocycles. The Morgan fingerprint density at radius 3 is 2.68 bits per heavy atom. The maximum absolute atomic E-state index is 9.82. The predicted octanol–water partition coefficient (Wildman–Crippen LogP) is 2.58. The number of nitrogens with two attached hydrogens (primary N) is 1. The van der Waals surface area contributed by atoms with Crippen molar-refractivity contribution >= 4 is 0 Å². The molecule has 0 amide bonds. The monoisotopic (exact) mass is 373 g/mol. The van der Waals surface area contributed by atoms with Gasteiger partial charge < -0.3 is 10.5 Å². The van der Waals surface area contributed by atoms with E-state index in [9.17, 15) is 5.26 Å². The van der Waals surface area contributed by atoms with Gasteiger partial charge in [0.05, 0.1) is 35.3 Å². The van der Waals surface area contributed by atoms with Crippen LogP contribution in [0.5, 0.6) is 5.88 Å². The van der Waals surface area contributed by atoms with Crippen molar-refractivity contribution in [3.8, 4) is 17.6 Å². The highest BCUT2D eigenvalue weighted by molar-refractivity contribution is 5.57. The minimum atomic E-state index is -0.283. The van der Waals surface area contributed by atoms with Crippen LogP contribution in [0.4, 0.5) is 0 Å². The van der Waals surface area contributed by atoms with E-state index in [1.165, 1.54) is 0 Å². The summed E-state index contributed by atoms with van der Waals surface area (Å²) in [5.41, 5.74) is 10.4. The van der Waals surface area contributed by atoms with Crippen molar-refractivity contribution in [1.29, 1.82) is 5.26 Å². The Labute approximate surface area is 161 Å². The molecule has 1 fully saturated rings. The van der Waals surface area contributed by atoms with E-state index in [0.717, 1.165) is 35.3 Å². The summed E-state index contributed by atoms with van der Waals surface area (Å²) >= 11 is 0. The second kappa shape index (κ2) is 6.23. The smallest absolute Gasteiger partial charge is 0.224 e. The fourth-order valence-electron chi connectivity index (χ4n) is 3.79. The molecule has 1 aliphatic heterocycles. The zero-order valence-corrected chi connectivity index (χ0v) is 15.4. The first-order valence-corrected chi connectivity index (χ1v) is 9.36. The summed E-state index contributed by atoms with van der Waals surface area (Å²) in [6.07, 6.45) is 5.66. The fraction of sp³-hybridized carbons (Fsp3) is 0.300. The third kappa shape index (κ3) is 2.47. The molecule has 3 heterocycles. The minimum absolute atomic E-state index is 0.150. The van der Waals surface area contributed by atoms with Gasteiger partial charge >= 0.3 is 0 Å². The molecule has 1 atom stereocenters. The Hall–Kier alpha value is -3.60. The molecule has 1 unspecified atom stereocenters. The Morgan fingerprint density at radius 1 is 1.29 bits per heavy atom. The quantitative estimate of drug-likeness (QED) is 0.753. The van der Waals surface area contributed by atoms with Crippen LogP contribution < -0.4 is 10.5 Å². The van der Waals surface area contributed by atoms with Crippen LogP contribution in [0.1, 0.15) is 48.4 Å². The molecule has 140 valence electrons. The van der Waals surface area contributed by atoms with E-state index < -0.39 is 0 Å². The number of hydrogen-bond donors (Lipinski definition) is 1. The first kappa shape index (κ1) is 16.6. The number of nitriles is 1. The van der Waals surface area contributed by atoms with Gasteiger partial charge in [-0.2, -0.15) is 10.4 Å². The van der Waals surface area contributed by atoms with Crippen LogP contribution in [0.3, 0.4) is 0 Å². The summed E-state index contributed by atoms with van der Waals surface area (Å²) in [6, 6.07) is 10.2. The van der Waals surface area contributed by atoms with Gasteiger partial charge in [-0.25, -0.2) is 9.36 Å². The SMILES string of the molecule is CCn1nc(C2CC2)c2c1OC(N)=C(C#N)C2c1ccc(-n2ccnn2)cc1. The summed E-state index contributed by atoms with van der Waals surface area (Å²) in [4.78, 5) is 0. The molecule has 5 rings (SSSR count). The highest BCUT2D eigenvalue weighted by Crippen LogP contribution is 2.50. The zero-order chi connectivity index (χ0) is 19.3. The molecule has 2 N–H and O–H groups in total. The van der Waals surface area contributed by atoms with Gasteiger partial charge in [0.15, 0.2) is 0 Å². The molecule has 0 bridgehead atoms. The molecule has 28 heavy (non-hydrogen) atoms. The number of rotatable bonds is 4. The van der Waals surface area contributed by atoms with Crippen molar-refractivity contribution in [2.24, 2.45) is 5.73 Å². The lowest BCUT2D eigenvalue weighted by Crippen LogP contribution is -2.22. The van der Waals surface area contributed by atoms with Crippen LogP contribution >= 0.6 is 0 Å². The van der Waals surface area contributed by atoms with Crippen molar-refractivity contribution in [3.05, 3.63) is 64.9 Å². The number of aromatic nitrogens is 5. The standard InChI is InChI=1S/C20H19N7O/c1-2-26-20-17(18(24-26)13-3-4-13)16(15(11-21)19(22)28-20)12-5-7-14(8-6-12)27-10-9-23-25-27/h5-10,13,16H,2-4,22H2,1H3. The van der Waals surface area contributed by atoms with Gasteiger partial charge in [-0.05, 0) is 37.5 Å². The van der Waals surface area contributed by atoms with Crippen molar-refractivity contribution in [2.45, 2.75) is 38.1 Å². The molecule has 3 aromatic rings. The Kier molecular flexibility index (Phi) is 3.69. The van der Waals surface area contributed by atoms with Crippen molar-refractivity contribution in [3.63, 3.8) is 0 Å². The van der Waals surface area contributed by atoms with Gasteiger partial charge in [0.1, 0.15) is 11.6 Å². The highest BCUT2D eigenvalue weighted by Gasteiger charge is 2.41. The van der Waals surface area contributed by atoms with Crippen LogP contribution in [0.2, 0.25) is 0 Å². The normalized spacial score (nSPS) is 18.5. The molecule has 0 spiro atoms. The Bertz CT molecular complexity index is 1100. The molecule has 8 nitrogen and oxygen atoms in total. The fourth-order valence-corrected chi connectivity index (χ4v) is 3.79. The van der Waals surface area contributed by atoms with Crippen LogP contribution in [0.25, 0.3) is 5.69 Å². The van der Waals surface area contributed by atoms with E-state index in [1.807, 2.05) is 35.9 Å². The first-order chi connectivity index (χ1) is 13.7. The minimum Gasteiger partial charge on any atom is -0.422 e. The zero-order valence-electron chi connectivity index (χ0n) is 15.4. The van der Waals surface area contributed by atoms with Gasteiger partial charge in [-0.15, -0.1) is 5.10 Å². The largest absolute Gasteiger partial charge is 0.422 e. The van der Waals surface area contributed by atoms with E-state index in [1.54, 1.807) is 17.1 Å². The van der Waals surface area contributed by atoms with Crippen LogP contribution in [0, 0.1) is 11.3 Å². The van der Waals surface area contributed by atoms with Crippen molar-refractivity contribution < 1.29 is 4.74 Å². The summed E-state index contributed by atoms with van der Waals surface area (Å²) in [5.74, 6) is 0.958. The molecule has 1 saturated carbocycles. The van der Waals surface area contributed by atoms with Gasteiger partial charge in [-0.3, -0.25) is 0 Å². The summed E-state index contributed by atoms with van der Waals surface area (Å²) < 4.78 is 9.41. The summed E-state index contributed by atoms with van der Waals surface area (Å²) in [5, 5.41) is 22.5. The number of ether oxygens (including phenoxy) is 1. The average molecular weight is 373 g/mol. The highest BCUT2D eigenvalue weighted by atomic mass is 16.5. The van der Waals surface area contributed by atoms with E-state index in [4.69, 9.17) is 15.6 Å². The molecule has 0 radical (unpaired) electrons. The number of allylic oxidation sites excluding steroid dienone is 1. The lowest BCUT2D eigenvalue weighted by molar-refractivity contribution is 0.350. The van der Waals surface area contributed by atoms with Crippen molar-refractivity contribution in [2.75, 3.05) is 0 Å². The number of benzene rings is 1. The van der Waals surface area contributed by atoms with Gasteiger partial charge in [0.2, 0.25) is 11.8 Å². The third-order valence-corrected chi connectivity index (χ3v) is 5.32. The predicted molar refractivity (Wildman–Crippen MR) is 101 cm³/mol. The number of aryl methyl sites for hydroxylation is 1. The van der Waals surface area contributed by atoms with Gasteiger partial charge in [0, 0.05) is 12.5 Å². The summed E-state index contributed by atoms with van der Waals surface area (Å²) in [6.45, 7) is 2.71. The van der Waals surface area contributed by atoms with Gasteiger partial charge in [-0.1, -0.05) is 17.3 Å². The van der Waals surface area contributed by atoms with Crippen LogP contribution in [0.15, 0.2) is 48.1 Å². The second-order valence-electron chi connectivity index (χ2n) is 7.06. The average Bonchev–Trinajstić information content (AvgIpc) is 3.28. The molecule has 1 aromatic carbocycles. The number of fused-ring (bicyclic) bond motifs is 1. The van der Waals surface area contributed by atoms with E-state index in [2.05, 4.69) is 16.4 Å². The van der Waals surface area contributed by atoms with E-state index in [-0.39, 0.29) is 11.8 Å². The molecular formula is C20H19N7O. The second-order valence-corrected chi connectivity index (χ2v) is 7.06. The molecule has 2 aromatic heterocycles. The maximum Gasteiger partial charge on any atom is 0.224 e.